The lowest BCUT2D eigenvalue weighted by Crippen LogP contribution is -2.57. The summed E-state index contributed by atoms with van der Waals surface area (Å²) in [6, 6.07) is 14.7. The van der Waals surface area contributed by atoms with Gasteiger partial charge in [-0.1, -0.05) is 49.6 Å². The van der Waals surface area contributed by atoms with E-state index in [4.69, 9.17) is 0 Å². The smallest absolute Gasteiger partial charge is 0.245 e. The second kappa shape index (κ2) is 11.9. The Hall–Kier alpha value is -3.23. The fourth-order valence-corrected chi connectivity index (χ4v) is 7.58. The largest absolute Gasteiger partial charge is 0.361 e. The molecule has 7 nitrogen and oxygen atoms in total. The molecule has 0 bridgehead atoms. The van der Waals surface area contributed by atoms with Gasteiger partial charge in [-0.05, 0) is 68.5 Å². The van der Waals surface area contributed by atoms with Crippen LogP contribution in [-0.2, 0) is 16.1 Å². The van der Waals surface area contributed by atoms with Crippen LogP contribution >= 0.6 is 0 Å². The molecule has 1 aliphatic carbocycles. The van der Waals surface area contributed by atoms with E-state index < -0.39 is 6.04 Å². The molecule has 2 amide bonds. The van der Waals surface area contributed by atoms with Crippen LogP contribution < -0.4 is 10.6 Å². The van der Waals surface area contributed by atoms with Gasteiger partial charge in [-0.25, -0.2) is 4.39 Å². The summed E-state index contributed by atoms with van der Waals surface area (Å²) in [6.45, 7) is 4.14. The highest BCUT2D eigenvalue weighted by Gasteiger charge is 2.52. The first-order valence-electron chi connectivity index (χ1n) is 15.3. The van der Waals surface area contributed by atoms with Gasteiger partial charge in [0, 0.05) is 48.7 Å². The maximum absolute atomic E-state index is 14.5. The number of aromatic nitrogens is 1. The minimum absolute atomic E-state index is 0.0139. The van der Waals surface area contributed by atoms with Crippen molar-refractivity contribution in [3.8, 4) is 0 Å². The Bertz CT molecular complexity index is 1370. The van der Waals surface area contributed by atoms with Crippen LogP contribution in [0, 0.1) is 11.7 Å². The number of likely N-dealkylation sites (N-methyl/N-ethyl adjacent to an activating group) is 1. The van der Waals surface area contributed by atoms with Crippen molar-refractivity contribution in [3.63, 3.8) is 0 Å². The third-order valence-electron chi connectivity index (χ3n) is 9.83. The molecule has 3 fully saturated rings. The zero-order chi connectivity index (χ0) is 28.5. The highest BCUT2D eigenvalue weighted by molar-refractivity contribution is 5.90. The lowest BCUT2D eigenvalue weighted by Gasteiger charge is -2.36. The van der Waals surface area contributed by atoms with Gasteiger partial charge in [0.1, 0.15) is 11.9 Å². The second-order valence-corrected chi connectivity index (χ2v) is 12.2. The van der Waals surface area contributed by atoms with E-state index >= 15 is 0 Å². The molecule has 5 atom stereocenters. The summed E-state index contributed by atoms with van der Waals surface area (Å²) < 4.78 is 14.0. The molecule has 1 aromatic heterocycles. The molecule has 0 radical (unpaired) electrons. The van der Waals surface area contributed by atoms with E-state index in [0.717, 1.165) is 61.7 Å². The van der Waals surface area contributed by atoms with Gasteiger partial charge in [0.15, 0.2) is 0 Å². The lowest BCUT2D eigenvalue weighted by atomic mass is 9.82. The first-order chi connectivity index (χ1) is 19.9. The molecular formula is C33H42FN5O2. The van der Waals surface area contributed by atoms with Gasteiger partial charge in [0.2, 0.25) is 11.8 Å². The Labute approximate surface area is 241 Å². The summed E-state index contributed by atoms with van der Waals surface area (Å²) >= 11 is 0. The number of nitrogens with zero attached hydrogens (tertiary/aromatic N) is 2. The number of amides is 2. The Morgan fingerprint density at radius 1 is 1.07 bits per heavy atom. The summed E-state index contributed by atoms with van der Waals surface area (Å²) in [6.07, 6.45) is 8.20. The predicted molar refractivity (Wildman–Crippen MR) is 159 cm³/mol. The normalized spacial score (nSPS) is 24.9. The molecule has 2 saturated heterocycles. The Morgan fingerprint density at radius 2 is 1.85 bits per heavy atom. The van der Waals surface area contributed by atoms with Crippen molar-refractivity contribution in [1.82, 2.24) is 25.4 Å². The van der Waals surface area contributed by atoms with Crippen LogP contribution in [0.25, 0.3) is 10.9 Å². The topological polar surface area (TPSA) is 80.5 Å². The van der Waals surface area contributed by atoms with Crippen molar-refractivity contribution in [3.05, 3.63) is 71.7 Å². The Kier molecular flexibility index (Phi) is 8.13. The number of carbonyl (C=O) groups excluding carboxylic acids is 2. The number of aromatic amines is 1. The molecule has 8 heteroatoms. The summed E-state index contributed by atoms with van der Waals surface area (Å²) in [5.41, 5.74) is 3.17. The van der Waals surface area contributed by atoms with Gasteiger partial charge in [-0.2, -0.15) is 0 Å². The van der Waals surface area contributed by atoms with Crippen molar-refractivity contribution < 1.29 is 14.0 Å². The van der Waals surface area contributed by atoms with Gasteiger partial charge in [0.25, 0.3) is 0 Å². The quantitative estimate of drug-likeness (QED) is 0.378. The van der Waals surface area contributed by atoms with Crippen LogP contribution in [-0.4, -0.2) is 70.9 Å². The zero-order valence-electron chi connectivity index (χ0n) is 24.1. The molecule has 218 valence electrons. The molecule has 3 heterocycles. The molecular weight excluding hydrogens is 517 g/mol. The maximum atomic E-state index is 14.5. The van der Waals surface area contributed by atoms with E-state index in [1.807, 2.05) is 25.3 Å². The second-order valence-electron chi connectivity index (χ2n) is 12.2. The number of fused-ring (bicyclic) bond motifs is 2. The zero-order valence-corrected chi connectivity index (χ0v) is 24.1. The fraction of sp³-hybridized carbons (Fsp3) is 0.515. The van der Waals surface area contributed by atoms with Crippen molar-refractivity contribution in [2.75, 3.05) is 20.1 Å². The summed E-state index contributed by atoms with van der Waals surface area (Å²) in [4.78, 5) is 35.5. The minimum Gasteiger partial charge on any atom is -0.361 e. The van der Waals surface area contributed by atoms with Crippen molar-refractivity contribution in [1.29, 1.82) is 0 Å². The van der Waals surface area contributed by atoms with Gasteiger partial charge < -0.3 is 20.5 Å². The first-order valence-corrected chi connectivity index (χ1v) is 15.3. The van der Waals surface area contributed by atoms with Crippen LogP contribution in [0.4, 0.5) is 4.39 Å². The van der Waals surface area contributed by atoms with Gasteiger partial charge >= 0.3 is 0 Å². The van der Waals surface area contributed by atoms with Crippen LogP contribution in [0.5, 0.6) is 0 Å². The maximum Gasteiger partial charge on any atom is 0.245 e. The van der Waals surface area contributed by atoms with Gasteiger partial charge in [-0.15, -0.1) is 0 Å². The number of rotatable bonds is 8. The molecule has 2 aliphatic heterocycles. The van der Waals surface area contributed by atoms with E-state index in [2.05, 4.69) is 49.7 Å². The lowest BCUT2D eigenvalue weighted by molar-refractivity contribution is -0.139. The molecule has 1 saturated carbocycles. The molecule has 2 aromatic carbocycles. The van der Waals surface area contributed by atoms with E-state index in [9.17, 15) is 14.0 Å². The molecule has 0 spiro atoms. The Morgan fingerprint density at radius 3 is 2.61 bits per heavy atom. The van der Waals surface area contributed by atoms with Crippen LogP contribution in [0.3, 0.4) is 0 Å². The number of halogens is 1. The minimum atomic E-state index is -0.516. The molecule has 1 unspecified atom stereocenters. The highest BCUT2D eigenvalue weighted by Crippen LogP contribution is 2.44. The Balaban J connectivity index is 1.34. The number of nitrogens with one attached hydrogen (secondary N) is 3. The van der Waals surface area contributed by atoms with E-state index in [0.29, 0.717) is 6.54 Å². The monoisotopic (exact) mass is 559 g/mol. The van der Waals surface area contributed by atoms with Crippen LogP contribution in [0.2, 0.25) is 0 Å². The summed E-state index contributed by atoms with van der Waals surface area (Å²) in [5.74, 6) is -0.105. The van der Waals surface area contributed by atoms with E-state index in [-0.39, 0.29) is 47.6 Å². The number of hydrogen-bond acceptors (Lipinski definition) is 4. The van der Waals surface area contributed by atoms with Crippen LogP contribution in [0.1, 0.15) is 62.5 Å². The number of hydrogen-bond donors (Lipinski definition) is 3. The third kappa shape index (κ3) is 5.52. The first kappa shape index (κ1) is 27.9. The molecule has 3 aromatic rings. The van der Waals surface area contributed by atoms with Gasteiger partial charge in [-0.3, -0.25) is 14.5 Å². The van der Waals surface area contributed by atoms with Crippen molar-refractivity contribution >= 4 is 22.7 Å². The van der Waals surface area contributed by atoms with E-state index in [1.54, 1.807) is 13.1 Å². The highest BCUT2D eigenvalue weighted by atomic mass is 19.1. The number of H-pyrrole nitrogens is 1. The molecule has 3 aliphatic rings. The van der Waals surface area contributed by atoms with E-state index in [1.165, 1.54) is 18.1 Å². The average molecular weight is 560 g/mol. The SMILES string of the molecule is CN[C@@H](C)C(=O)NC(C(=O)N1CC[C@@H]2[C@H]1[C@@H](c1c[nH]c3cc(F)ccc13)CN2Cc1ccccc1)C1CCCCC1. The standard InChI is InChI=1S/C33H42FN5O2/c1-21(35-2)32(40)37-30(23-11-7-4-8-12-23)33(41)39-16-15-29-31(39)27(20-38(29)19-22-9-5-3-6-10-22)26-18-36-28-17-24(34)13-14-25(26)28/h3,5-6,9-10,13-14,17-18,21,23,27,29-31,35-36H,4,7-8,11-12,15-16,19-20H2,1-2H3,(H,37,40)/t21-,27+,29+,30?,31+/m0/s1. The average Bonchev–Trinajstić information content (AvgIpc) is 3.71. The molecule has 3 N–H and O–H groups in total. The van der Waals surface area contributed by atoms with Crippen molar-refractivity contribution in [2.24, 2.45) is 5.92 Å². The number of benzene rings is 2. The number of likely N-dealkylation sites (tertiary alicyclic amines) is 2. The summed E-state index contributed by atoms with van der Waals surface area (Å²) in [5, 5.41) is 7.21. The molecule has 6 rings (SSSR count). The molecule has 41 heavy (non-hydrogen) atoms. The third-order valence-corrected chi connectivity index (χ3v) is 9.83. The van der Waals surface area contributed by atoms with Crippen molar-refractivity contribution in [2.45, 2.75) is 82.1 Å². The summed E-state index contributed by atoms with van der Waals surface area (Å²) in [7, 11) is 1.77. The van der Waals surface area contributed by atoms with Crippen LogP contribution in [0.15, 0.2) is 54.7 Å². The van der Waals surface area contributed by atoms with Gasteiger partial charge in [0.05, 0.1) is 12.1 Å². The fourth-order valence-electron chi connectivity index (χ4n) is 7.58. The predicted octanol–water partition coefficient (Wildman–Crippen LogP) is 4.55. The number of carbonyl (C=O) groups is 2.